The normalized spacial score (nSPS) is 21.3. The van der Waals surface area contributed by atoms with Gasteiger partial charge in [-0.1, -0.05) is 12.1 Å². The summed E-state index contributed by atoms with van der Waals surface area (Å²) in [6.07, 6.45) is 2.56. The van der Waals surface area contributed by atoms with E-state index in [1.807, 2.05) is 12.3 Å². The van der Waals surface area contributed by atoms with Crippen molar-refractivity contribution in [3.63, 3.8) is 0 Å². The monoisotopic (exact) mass is 391 g/mol. The van der Waals surface area contributed by atoms with Gasteiger partial charge in [0.2, 0.25) is 0 Å². The standard InChI is InChI=1S/C23H29N5O/c1-26-10-12-28(13-11-26)19-4-2-17(3-5-19)23-21-14-18(25-22(21)6-8-24-23)15-27-9-7-20(29)16-27/h2-6,8,14,20,25,29H,7,9-13,15-16H2,1H3. The Balaban J connectivity index is 1.38. The molecule has 1 aromatic carbocycles. The van der Waals surface area contributed by atoms with Crippen molar-refractivity contribution in [2.75, 3.05) is 51.2 Å². The number of aliphatic hydroxyl groups is 1. The number of β-amino-alcohol motifs (C(OH)–C–C–N with tert-alkyl or cyclic N) is 1. The number of aromatic nitrogens is 2. The molecule has 3 aromatic rings. The van der Waals surface area contributed by atoms with Crippen molar-refractivity contribution >= 4 is 16.6 Å². The molecule has 6 heteroatoms. The third-order valence-electron chi connectivity index (χ3n) is 6.25. The SMILES string of the molecule is CN1CCN(c2ccc(-c3nccc4[nH]c(CN5CCC(O)C5)cc34)cc2)CC1. The first-order valence-corrected chi connectivity index (χ1v) is 10.6. The van der Waals surface area contributed by atoms with Crippen molar-refractivity contribution in [1.29, 1.82) is 0 Å². The molecule has 4 heterocycles. The quantitative estimate of drug-likeness (QED) is 0.716. The molecular weight excluding hydrogens is 362 g/mol. The molecule has 0 spiro atoms. The fourth-order valence-electron chi connectivity index (χ4n) is 4.52. The van der Waals surface area contributed by atoms with Gasteiger partial charge >= 0.3 is 0 Å². The summed E-state index contributed by atoms with van der Waals surface area (Å²) in [6.45, 7) is 6.94. The van der Waals surface area contributed by atoms with Gasteiger partial charge in [-0.05, 0) is 37.7 Å². The van der Waals surface area contributed by atoms with E-state index in [1.165, 1.54) is 11.4 Å². The van der Waals surface area contributed by atoms with Crippen molar-refractivity contribution < 1.29 is 5.11 Å². The number of hydrogen-bond donors (Lipinski definition) is 2. The number of likely N-dealkylation sites (tertiary alicyclic amines) is 1. The molecule has 0 aliphatic carbocycles. The Hall–Kier alpha value is -2.41. The van der Waals surface area contributed by atoms with E-state index in [0.717, 1.165) is 74.4 Å². The lowest BCUT2D eigenvalue weighted by Gasteiger charge is -2.34. The summed E-state index contributed by atoms with van der Waals surface area (Å²) >= 11 is 0. The van der Waals surface area contributed by atoms with Gasteiger partial charge in [0, 0.05) is 79.9 Å². The van der Waals surface area contributed by atoms with Crippen molar-refractivity contribution in [3.05, 3.63) is 48.3 Å². The molecule has 0 amide bonds. The Bertz CT molecular complexity index is 975. The lowest BCUT2D eigenvalue weighted by atomic mass is 10.1. The third kappa shape index (κ3) is 3.88. The molecule has 2 aliphatic heterocycles. The minimum atomic E-state index is -0.185. The second kappa shape index (κ2) is 7.78. The van der Waals surface area contributed by atoms with Crippen LogP contribution in [0.5, 0.6) is 0 Å². The predicted molar refractivity (Wildman–Crippen MR) is 117 cm³/mol. The number of likely N-dealkylation sites (N-methyl/N-ethyl adjacent to an activating group) is 1. The van der Waals surface area contributed by atoms with Crippen LogP contribution in [0.4, 0.5) is 5.69 Å². The number of H-pyrrole nitrogens is 1. The summed E-state index contributed by atoms with van der Waals surface area (Å²) in [5.74, 6) is 0. The first kappa shape index (κ1) is 18.6. The van der Waals surface area contributed by atoms with Gasteiger partial charge in [0.25, 0.3) is 0 Å². The van der Waals surface area contributed by atoms with Crippen LogP contribution in [0.25, 0.3) is 22.2 Å². The summed E-state index contributed by atoms with van der Waals surface area (Å²) in [6, 6.07) is 13.1. The Morgan fingerprint density at radius 2 is 1.86 bits per heavy atom. The number of fused-ring (bicyclic) bond motifs is 1. The highest BCUT2D eigenvalue weighted by molar-refractivity contribution is 5.93. The zero-order chi connectivity index (χ0) is 19.8. The molecule has 152 valence electrons. The largest absolute Gasteiger partial charge is 0.392 e. The number of benzene rings is 1. The topological polar surface area (TPSA) is 58.6 Å². The van der Waals surface area contributed by atoms with Gasteiger partial charge in [0.05, 0.1) is 11.8 Å². The van der Waals surface area contributed by atoms with E-state index in [-0.39, 0.29) is 6.10 Å². The molecule has 29 heavy (non-hydrogen) atoms. The van der Waals surface area contributed by atoms with Gasteiger partial charge in [0.1, 0.15) is 0 Å². The summed E-state index contributed by atoms with van der Waals surface area (Å²) in [4.78, 5) is 15.4. The molecular formula is C23H29N5O. The smallest absolute Gasteiger partial charge is 0.0795 e. The minimum absolute atomic E-state index is 0.185. The number of rotatable bonds is 4. The zero-order valence-corrected chi connectivity index (χ0v) is 17.0. The van der Waals surface area contributed by atoms with Gasteiger partial charge in [-0.2, -0.15) is 0 Å². The number of anilines is 1. The van der Waals surface area contributed by atoms with Crippen LogP contribution in [0.1, 0.15) is 12.1 Å². The zero-order valence-electron chi connectivity index (χ0n) is 17.0. The van der Waals surface area contributed by atoms with Gasteiger partial charge in [-0.25, -0.2) is 0 Å². The molecule has 1 unspecified atom stereocenters. The highest BCUT2D eigenvalue weighted by atomic mass is 16.3. The molecule has 2 aliphatic rings. The minimum Gasteiger partial charge on any atom is -0.392 e. The van der Waals surface area contributed by atoms with Gasteiger partial charge < -0.3 is 19.9 Å². The van der Waals surface area contributed by atoms with Crippen molar-refractivity contribution in [1.82, 2.24) is 19.8 Å². The fraction of sp³-hybridized carbons (Fsp3) is 0.435. The average Bonchev–Trinajstić information content (AvgIpc) is 3.34. The average molecular weight is 392 g/mol. The van der Waals surface area contributed by atoms with Crippen LogP contribution in [0.2, 0.25) is 0 Å². The summed E-state index contributed by atoms with van der Waals surface area (Å²) in [7, 11) is 2.18. The number of nitrogens with one attached hydrogen (secondary N) is 1. The van der Waals surface area contributed by atoms with Crippen molar-refractivity contribution in [2.24, 2.45) is 0 Å². The van der Waals surface area contributed by atoms with E-state index in [9.17, 15) is 5.11 Å². The lowest BCUT2D eigenvalue weighted by Crippen LogP contribution is -2.44. The lowest BCUT2D eigenvalue weighted by molar-refractivity contribution is 0.174. The second-order valence-corrected chi connectivity index (χ2v) is 8.43. The van der Waals surface area contributed by atoms with Crippen LogP contribution in [0.15, 0.2) is 42.6 Å². The van der Waals surface area contributed by atoms with Crippen LogP contribution in [0, 0.1) is 0 Å². The molecule has 2 aromatic heterocycles. The van der Waals surface area contributed by atoms with Crippen molar-refractivity contribution in [2.45, 2.75) is 19.1 Å². The molecule has 0 radical (unpaired) electrons. The Morgan fingerprint density at radius 1 is 1.07 bits per heavy atom. The Labute approximate surface area is 171 Å². The van der Waals surface area contributed by atoms with E-state index in [4.69, 9.17) is 4.98 Å². The predicted octanol–water partition coefficient (Wildman–Crippen LogP) is 2.55. The van der Waals surface area contributed by atoms with E-state index < -0.39 is 0 Å². The highest BCUT2D eigenvalue weighted by Gasteiger charge is 2.21. The first-order valence-electron chi connectivity index (χ1n) is 10.6. The number of piperazine rings is 1. The first-order chi connectivity index (χ1) is 14.2. The molecule has 2 saturated heterocycles. The molecule has 2 N–H and O–H groups in total. The third-order valence-corrected chi connectivity index (χ3v) is 6.25. The maximum Gasteiger partial charge on any atom is 0.0795 e. The van der Waals surface area contributed by atoms with Gasteiger partial charge in [-0.15, -0.1) is 0 Å². The number of hydrogen-bond acceptors (Lipinski definition) is 5. The van der Waals surface area contributed by atoms with E-state index in [1.54, 1.807) is 0 Å². The van der Waals surface area contributed by atoms with Crippen molar-refractivity contribution in [3.8, 4) is 11.3 Å². The maximum atomic E-state index is 9.77. The molecule has 2 fully saturated rings. The van der Waals surface area contributed by atoms with Gasteiger partial charge in [0.15, 0.2) is 0 Å². The number of aromatic amines is 1. The molecule has 1 atom stereocenters. The number of pyridine rings is 1. The van der Waals surface area contributed by atoms with Crippen LogP contribution in [-0.2, 0) is 6.54 Å². The van der Waals surface area contributed by atoms with Gasteiger partial charge in [-0.3, -0.25) is 9.88 Å². The molecule has 6 nitrogen and oxygen atoms in total. The van der Waals surface area contributed by atoms with E-state index in [0.29, 0.717) is 0 Å². The molecule has 0 saturated carbocycles. The van der Waals surface area contributed by atoms with E-state index in [2.05, 4.69) is 57.1 Å². The maximum absolute atomic E-state index is 9.77. The highest BCUT2D eigenvalue weighted by Crippen LogP contribution is 2.29. The summed E-state index contributed by atoms with van der Waals surface area (Å²) < 4.78 is 0. The summed E-state index contributed by atoms with van der Waals surface area (Å²) in [5.41, 5.74) is 5.76. The summed E-state index contributed by atoms with van der Waals surface area (Å²) in [5, 5.41) is 10.9. The fourth-order valence-corrected chi connectivity index (χ4v) is 4.52. The second-order valence-electron chi connectivity index (χ2n) is 8.43. The molecule has 5 rings (SSSR count). The van der Waals surface area contributed by atoms with Crippen LogP contribution < -0.4 is 4.90 Å². The Morgan fingerprint density at radius 3 is 2.59 bits per heavy atom. The number of aliphatic hydroxyl groups excluding tert-OH is 1. The Kier molecular flexibility index (Phi) is 4.99. The van der Waals surface area contributed by atoms with Crippen LogP contribution in [0.3, 0.4) is 0 Å². The van der Waals surface area contributed by atoms with Crippen LogP contribution in [-0.4, -0.2) is 77.3 Å². The molecule has 0 bridgehead atoms. The van der Waals surface area contributed by atoms with Crippen LogP contribution >= 0.6 is 0 Å². The van der Waals surface area contributed by atoms with E-state index >= 15 is 0 Å². The number of nitrogens with zero attached hydrogens (tertiary/aromatic N) is 4.